The number of hydrogen-bond acceptors (Lipinski definition) is 5. The second-order valence-corrected chi connectivity index (χ2v) is 9.26. The van der Waals surface area contributed by atoms with Gasteiger partial charge in [-0.2, -0.15) is 10.1 Å². The van der Waals surface area contributed by atoms with E-state index in [0.717, 1.165) is 31.4 Å². The Morgan fingerprint density at radius 3 is 2.59 bits per heavy atom. The van der Waals surface area contributed by atoms with E-state index in [1.54, 1.807) is 4.68 Å². The van der Waals surface area contributed by atoms with E-state index in [2.05, 4.69) is 41.2 Å². The summed E-state index contributed by atoms with van der Waals surface area (Å²) in [5.74, 6) is 0.976. The second-order valence-electron chi connectivity index (χ2n) is 9.26. The molecule has 3 aromatic rings. The molecule has 3 N–H and O–H groups in total. The van der Waals surface area contributed by atoms with E-state index in [1.807, 2.05) is 30.3 Å². The van der Waals surface area contributed by atoms with Crippen molar-refractivity contribution in [1.29, 1.82) is 0 Å². The molecule has 2 aromatic heterocycles. The molecule has 0 spiro atoms. The van der Waals surface area contributed by atoms with Crippen molar-refractivity contribution < 1.29 is 5.11 Å². The van der Waals surface area contributed by atoms with Crippen molar-refractivity contribution in [2.24, 2.45) is 11.3 Å². The van der Waals surface area contributed by atoms with Gasteiger partial charge in [0.05, 0.1) is 17.5 Å². The largest absolute Gasteiger partial charge is 0.388 e. The van der Waals surface area contributed by atoms with E-state index >= 15 is 0 Å². The van der Waals surface area contributed by atoms with Crippen LogP contribution in [0.4, 0.5) is 5.95 Å². The van der Waals surface area contributed by atoms with Gasteiger partial charge in [-0.15, -0.1) is 0 Å². The van der Waals surface area contributed by atoms with Crippen molar-refractivity contribution >= 4 is 17.0 Å². The van der Waals surface area contributed by atoms with Crippen LogP contribution < -0.4 is 10.9 Å². The van der Waals surface area contributed by atoms with Crippen molar-refractivity contribution in [3.63, 3.8) is 0 Å². The minimum atomic E-state index is -0.783. The number of anilines is 1. The highest BCUT2D eigenvalue weighted by Gasteiger charge is 2.37. The lowest BCUT2D eigenvalue weighted by atomic mass is 9.68. The topological polar surface area (TPSA) is 95.8 Å². The Balaban J connectivity index is 1.53. The highest BCUT2D eigenvalue weighted by Crippen LogP contribution is 2.41. The molecule has 0 saturated heterocycles. The summed E-state index contributed by atoms with van der Waals surface area (Å²) in [7, 11) is 0. The van der Waals surface area contributed by atoms with Crippen LogP contribution in [0.25, 0.3) is 16.7 Å². The van der Waals surface area contributed by atoms with Crippen molar-refractivity contribution in [3.8, 4) is 5.69 Å². The summed E-state index contributed by atoms with van der Waals surface area (Å²) in [6.45, 7) is 7.15. The standard InChI is InChI=1S/C22H29N5O2/c1-21(2,3)15-9-11-22(29,12-10-15)14-23-20-25-18-17(19(28)26-20)13-24-27(18)16-7-5-4-6-8-16/h4-8,13,15,29H,9-12,14H2,1-3H3,(H2,23,25,26,28). The quantitative estimate of drug-likeness (QED) is 0.628. The maximum Gasteiger partial charge on any atom is 0.263 e. The molecule has 1 aromatic carbocycles. The van der Waals surface area contributed by atoms with Crippen LogP contribution in [0, 0.1) is 11.3 Å². The summed E-state index contributed by atoms with van der Waals surface area (Å²) in [5.41, 5.74) is 0.567. The van der Waals surface area contributed by atoms with Gasteiger partial charge in [0.25, 0.3) is 5.56 Å². The SMILES string of the molecule is CC(C)(C)C1CCC(O)(CNc2nc3c(cnn3-c3ccccc3)c(=O)[nH]2)CC1. The molecule has 154 valence electrons. The van der Waals surface area contributed by atoms with Crippen LogP contribution in [0.5, 0.6) is 0 Å². The van der Waals surface area contributed by atoms with Gasteiger partial charge >= 0.3 is 0 Å². The first-order valence-corrected chi connectivity index (χ1v) is 10.2. The van der Waals surface area contributed by atoms with E-state index in [-0.39, 0.29) is 11.0 Å². The van der Waals surface area contributed by atoms with Crippen molar-refractivity contribution in [2.45, 2.75) is 52.1 Å². The summed E-state index contributed by atoms with van der Waals surface area (Å²) in [6, 6.07) is 9.59. The Kier molecular flexibility index (Phi) is 4.94. The number of aromatic nitrogens is 4. The first-order chi connectivity index (χ1) is 13.8. The average molecular weight is 396 g/mol. The number of hydrogen-bond donors (Lipinski definition) is 3. The molecule has 7 heteroatoms. The number of nitrogens with one attached hydrogen (secondary N) is 2. The number of aliphatic hydroxyl groups is 1. The minimum absolute atomic E-state index is 0.247. The molecule has 0 bridgehead atoms. The zero-order chi connectivity index (χ0) is 20.6. The van der Waals surface area contributed by atoms with Crippen molar-refractivity contribution in [1.82, 2.24) is 19.7 Å². The molecule has 1 fully saturated rings. The number of aromatic amines is 1. The number of nitrogens with zero attached hydrogens (tertiary/aromatic N) is 3. The van der Waals surface area contributed by atoms with Gasteiger partial charge in [0.1, 0.15) is 5.39 Å². The third kappa shape index (κ3) is 4.05. The van der Waals surface area contributed by atoms with Crippen LogP contribution in [0.3, 0.4) is 0 Å². The molecule has 0 radical (unpaired) electrons. The molecule has 1 saturated carbocycles. The maximum atomic E-state index is 12.5. The van der Waals surface area contributed by atoms with Gasteiger partial charge in [-0.3, -0.25) is 9.78 Å². The molecule has 1 aliphatic rings. The first-order valence-electron chi connectivity index (χ1n) is 10.2. The average Bonchev–Trinajstić information content (AvgIpc) is 3.11. The van der Waals surface area contributed by atoms with Gasteiger partial charge < -0.3 is 10.4 Å². The number of fused-ring (bicyclic) bond motifs is 1. The number of rotatable bonds is 4. The van der Waals surface area contributed by atoms with Gasteiger partial charge in [0.2, 0.25) is 5.95 Å². The van der Waals surface area contributed by atoms with Crippen LogP contribution in [0.15, 0.2) is 41.3 Å². The third-order valence-electron chi connectivity index (χ3n) is 6.16. The van der Waals surface area contributed by atoms with Gasteiger partial charge in [0, 0.05) is 6.54 Å². The summed E-state index contributed by atoms with van der Waals surface area (Å²) in [6.07, 6.45) is 5.03. The summed E-state index contributed by atoms with van der Waals surface area (Å²) >= 11 is 0. The van der Waals surface area contributed by atoms with Gasteiger partial charge in [0.15, 0.2) is 5.65 Å². The molecular weight excluding hydrogens is 366 g/mol. The summed E-state index contributed by atoms with van der Waals surface area (Å²) < 4.78 is 1.65. The Hall–Kier alpha value is -2.67. The Bertz CT molecular complexity index is 1040. The fourth-order valence-corrected chi connectivity index (χ4v) is 4.21. The number of H-pyrrole nitrogens is 1. The fourth-order valence-electron chi connectivity index (χ4n) is 4.21. The third-order valence-corrected chi connectivity index (χ3v) is 6.16. The predicted molar refractivity (Wildman–Crippen MR) is 114 cm³/mol. The zero-order valence-corrected chi connectivity index (χ0v) is 17.3. The molecule has 29 heavy (non-hydrogen) atoms. The lowest BCUT2D eigenvalue weighted by Crippen LogP contribution is -2.43. The molecule has 4 rings (SSSR count). The second kappa shape index (κ2) is 7.30. The summed E-state index contributed by atoms with van der Waals surface area (Å²) in [4.78, 5) is 19.8. The van der Waals surface area contributed by atoms with E-state index in [0.29, 0.717) is 29.4 Å². The first kappa shape index (κ1) is 19.6. The molecule has 0 unspecified atom stereocenters. The van der Waals surface area contributed by atoms with Crippen LogP contribution in [0.1, 0.15) is 46.5 Å². The highest BCUT2D eigenvalue weighted by molar-refractivity contribution is 5.76. The Labute approximate surface area is 170 Å². The zero-order valence-electron chi connectivity index (χ0n) is 17.3. The van der Waals surface area contributed by atoms with E-state index in [4.69, 9.17) is 0 Å². The van der Waals surface area contributed by atoms with E-state index < -0.39 is 5.60 Å². The number of benzene rings is 1. The fraction of sp³-hybridized carbons (Fsp3) is 0.500. The van der Waals surface area contributed by atoms with E-state index in [9.17, 15) is 9.90 Å². The lowest BCUT2D eigenvalue weighted by Gasteiger charge is -2.41. The Morgan fingerprint density at radius 2 is 1.93 bits per heavy atom. The van der Waals surface area contributed by atoms with E-state index in [1.165, 1.54) is 6.20 Å². The van der Waals surface area contributed by atoms with Crippen LogP contribution in [0.2, 0.25) is 0 Å². The maximum absolute atomic E-state index is 12.5. The smallest absolute Gasteiger partial charge is 0.263 e. The normalized spacial score (nSPS) is 22.7. The lowest BCUT2D eigenvalue weighted by molar-refractivity contribution is -0.0144. The van der Waals surface area contributed by atoms with Gasteiger partial charge in [-0.05, 0) is 49.1 Å². The number of para-hydroxylation sites is 1. The molecule has 0 atom stereocenters. The molecule has 7 nitrogen and oxygen atoms in total. The summed E-state index contributed by atoms with van der Waals surface area (Å²) in [5, 5.41) is 18.9. The molecule has 1 aliphatic carbocycles. The molecular formula is C22H29N5O2. The van der Waals surface area contributed by atoms with Gasteiger partial charge in [-0.1, -0.05) is 39.0 Å². The Morgan fingerprint density at radius 1 is 1.24 bits per heavy atom. The molecule has 0 amide bonds. The predicted octanol–water partition coefficient (Wildman–Crippen LogP) is 3.49. The van der Waals surface area contributed by atoms with Crippen LogP contribution in [-0.2, 0) is 0 Å². The minimum Gasteiger partial charge on any atom is -0.388 e. The van der Waals surface area contributed by atoms with Gasteiger partial charge in [-0.25, -0.2) is 4.68 Å². The van der Waals surface area contributed by atoms with Crippen LogP contribution in [-0.4, -0.2) is 37.0 Å². The van der Waals surface area contributed by atoms with Crippen LogP contribution >= 0.6 is 0 Å². The monoisotopic (exact) mass is 395 g/mol. The molecule has 0 aliphatic heterocycles. The highest BCUT2D eigenvalue weighted by atomic mass is 16.3. The van der Waals surface area contributed by atoms with Crippen molar-refractivity contribution in [2.75, 3.05) is 11.9 Å². The van der Waals surface area contributed by atoms with Crippen molar-refractivity contribution in [3.05, 3.63) is 46.9 Å². The molecule has 2 heterocycles.